The van der Waals surface area contributed by atoms with E-state index in [0.717, 1.165) is 5.57 Å². The maximum Gasteiger partial charge on any atom is 0.226 e. The summed E-state index contributed by atoms with van der Waals surface area (Å²) in [6.07, 6.45) is 5.69. The molecule has 0 bridgehead atoms. The number of hydrogen-bond donors (Lipinski definition) is 2. The van der Waals surface area contributed by atoms with Gasteiger partial charge in [0.1, 0.15) is 5.78 Å². The number of piperidine rings is 1. The van der Waals surface area contributed by atoms with Crippen LogP contribution in [-0.2, 0) is 14.4 Å². The van der Waals surface area contributed by atoms with E-state index in [4.69, 9.17) is 0 Å². The first-order valence-electron chi connectivity index (χ1n) is 7.66. The van der Waals surface area contributed by atoms with Crippen LogP contribution in [0.1, 0.15) is 46.5 Å². The maximum atomic E-state index is 12.1. The van der Waals surface area contributed by atoms with Gasteiger partial charge in [-0.15, -0.1) is 0 Å². The molecule has 0 aromatic carbocycles. The number of imide groups is 1. The third-order valence-corrected chi connectivity index (χ3v) is 3.72. The second-order valence-corrected chi connectivity index (χ2v) is 6.00. The second kappa shape index (κ2) is 8.63. The number of amides is 2. The summed E-state index contributed by atoms with van der Waals surface area (Å²) < 4.78 is 0. The number of nitrogens with one attached hydrogen (secondary N) is 1. The molecule has 0 aliphatic carbocycles. The third kappa shape index (κ3) is 6.35. The summed E-state index contributed by atoms with van der Waals surface area (Å²) in [5.41, 5.74) is 1.01. The zero-order valence-corrected chi connectivity index (χ0v) is 13.5. The van der Waals surface area contributed by atoms with Gasteiger partial charge in [-0.25, -0.2) is 0 Å². The van der Waals surface area contributed by atoms with Crippen molar-refractivity contribution >= 4 is 17.6 Å². The second-order valence-electron chi connectivity index (χ2n) is 6.00. The Bertz CT molecular complexity index is 477. The zero-order chi connectivity index (χ0) is 16.7. The fourth-order valence-electron chi connectivity index (χ4n) is 2.71. The smallest absolute Gasteiger partial charge is 0.226 e. The van der Waals surface area contributed by atoms with E-state index in [1.165, 1.54) is 0 Å². The molecule has 22 heavy (non-hydrogen) atoms. The number of hydrogen-bond acceptors (Lipinski definition) is 4. The lowest BCUT2D eigenvalue weighted by Gasteiger charge is -2.23. The molecule has 1 aliphatic heterocycles. The predicted octanol–water partition coefficient (Wildman–Crippen LogP) is 1.91. The molecule has 0 aromatic rings. The van der Waals surface area contributed by atoms with Crippen LogP contribution in [0.25, 0.3) is 0 Å². The monoisotopic (exact) mass is 307 g/mol. The SMILES string of the molecule is C/C=C\C(C)=C\C(C)C(=O)CC(O)CC1CC(=O)NC(=O)C1. The molecule has 1 rings (SSSR count). The highest BCUT2D eigenvalue weighted by Crippen LogP contribution is 2.21. The van der Waals surface area contributed by atoms with Gasteiger partial charge in [0.05, 0.1) is 6.10 Å². The topological polar surface area (TPSA) is 83.5 Å². The minimum absolute atomic E-state index is 0.0389. The van der Waals surface area contributed by atoms with Crippen LogP contribution in [0.2, 0.25) is 0 Å². The Morgan fingerprint density at radius 1 is 1.36 bits per heavy atom. The lowest BCUT2D eigenvalue weighted by Crippen LogP contribution is -2.39. The summed E-state index contributed by atoms with van der Waals surface area (Å²) >= 11 is 0. The van der Waals surface area contributed by atoms with Crippen LogP contribution in [0.4, 0.5) is 0 Å². The fraction of sp³-hybridized carbons (Fsp3) is 0.588. The van der Waals surface area contributed by atoms with Gasteiger partial charge < -0.3 is 5.11 Å². The van der Waals surface area contributed by atoms with Gasteiger partial charge in [0.2, 0.25) is 11.8 Å². The van der Waals surface area contributed by atoms with Crippen LogP contribution >= 0.6 is 0 Å². The Morgan fingerprint density at radius 3 is 2.50 bits per heavy atom. The summed E-state index contributed by atoms with van der Waals surface area (Å²) in [5, 5.41) is 12.3. The van der Waals surface area contributed by atoms with Gasteiger partial charge in [-0.3, -0.25) is 19.7 Å². The van der Waals surface area contributed by atoms with Crippen LogP contribution in [0.5, 0.6) is 0 Å². The Labute approximate surface area is 131 Å². The van der Waals surface area contributed by atoms with Crippen LogP contribution < -0.4 is 5.32 Å². The molecule has 2 amide bonds. The number of Topliss-reactive ketones (excluding diaryl/α,β-unsaturated/α-hetero) is 1. The molecule has 2 atom stereocenters. The first-order chi connectivity index (χ1) is 10.3. The van der Waals surface area contributed by atoms with E-state index in [1.807, 2.05) is 32.1 Å². The van der Waals surface area contributed by atoms with Gasteiger partial charge in [-0.1, -0.05) is 30.7 Å². The summed E-state index contributed by atoms with van der Waals surface area (Å²) in [6.45, 7) is 5.64. The Kier molecular flexibility index (Phi) is 7.18. The summed E-state index contributed by atoms with van der Waals surface area (Å²) in [6, 6.07) is 0. The number of carbonyl (C=O) groups is 3. The van der Waals surface area contributed by atoms with E-state index in [0.29, 0.717) is 6.42 Å². The first-order valence-corrected chi connectivity index (χ1v) is 7.66. The number of aliphatic hydroxyl groups excluding tert-OH is 1. The number of carbonyl (C=O) groups excluding carboxylic acids is 3. The van der Waals surface area contributed by atoms with Gasteiger partial charge in [0, 0.05) is 25.2 Å². The van der Waals surface area contributed by atoms with Crippen molar-refractivity contribution in [2.24, 2.45) is 11.8 Å². The molecular weight excluding hydrogens is 282 g/mol. The standard InChI is InChI=1S/C17H25NO4/c1-4-5-11(2)6-12(3)15(20)10-14(19)7-13-8-16(21)18-17(22)9-13/h4-6,12-14,19H,7-10H2,1-3H3,(H,18,21,22)/b5-4-,11-6+. The molecule has 2 N–H and O–H groups in total. The van der Waals surface area contributed by atoms with Crippen molar-refractivity contribution in [3.8, 4) is 0 Å². The minimum atomic E-state index is -0.811. The molecule has 2 unspecified atom stereocenters. The van der Waals surface area contributed by atoms with Crippen molar-refractivity contribution in [3.63, 3.8) is 0 Å². The minimum Gasteiger partial charge on any atom is -0.393 e. The Balaban J connectivity index is 2.48. The van der Waals surface area contributed by atoms with Gasteiger partial charge in [0.25, 0.3) is 0 Å². The maximum absolute atomic E-state index is 12.1. The number of rotatable bonds is 7. The number of allylic oxidation sites excluding steroid dienone is 4. The van der Waals surface area contributed by atoms with E-state index in [-0.39, 0.29) is 48.7 Å². The fourth-order valence-corrected chi connectivity index (χ4v) is 2.71. The van der Waals surface area contributed by atoms with Crippen molar-refractivity contribution in [2.45, 2.75) is 52.6 Å². The van der Waals surface area contributed by atoms with Crippen molar-refractivity contribution < 1.29 is 19.5 Å². The number of aliphatic hydroxyl groups is 1. The molecule has 5 heteroatoms. The lowest BCUT2D eigenvalue weighted by molar-refractivity contribution is -0.135. The molecule has 5 nitrogen and oxygen atoms in total. The highest BCUT2D eigenvalue weighted by Gasteiger charge is 2.27. The Morgan fingerprint density at radius 2 is 1.95 bits per heavy atom. The van der Waals surface area contributed by atoms with E-state index >= 15 is 0 Å². The van der Waals surface area contributed by atoms with Gasteiger partial charge >= 0.3 is 0 Å². The molecular formula is C17H25NO4. The number of ketones is 1. The molecule has 1 aliphatic rings. The van der Waals surface area contributed by atoms with Crippen molar-refractivity contribution in [1.82, 2.24) is 5.32 Å². The molecule has 0 radical (unpaired) electrons. The molecule has 1 heterocycles. The average Bonchev–Trinajstić information content (AvgIpc) is 2.36. The molecule has 0 saturated carbocycles. The van der Waals surface area contributed by atoms with Gasteiger partial charge in [-0.05, 0) is 26.2 Å². The predicted molar refractivity (Wildman–Crippen MR) is 83.9 cm³/mol. The van der Waals surface area contributed by atoms with Crippen molar-refractivity contribution in [3.05, 3.63) is 23.8 Å². The molecule has 0 spiro atoms. The lowest BCUT2D eigenvalue weighted by atomic mass is 9.88. The summed E-state index contributed by atoms with van der Waals surface area (Å²) in [4.78, 5) is 34.7. The van der Waals surface area contributed by atoms with Crippen LogP contribution in [0.15, 0.2) is 23.8 Å². The molecule has 1 saturated heterocycles. The van der Waals surface area contributed by atoms with Gasteiger partial charge in [0.15, 0.2) is 0 Å². The van der Waals surface area contributed by atoms with Gasteiger partial charge in [-0.2, -0.15) is 0 Å². The highest BCUT2D eigenvalue weighted by molar-refractivity contribution is 5.97. The average molecular weight is 307 g/mol. The third-order valence-electron chi connectivity index (χ3n) is 3.72. The first kappa shape index (κ1) is 18.3. The Hall–Kier alpha value is -1.75. The van der Waals surface area contributed by atoms with E-state index in [1.54, 1.807) is 6.92 Å². The summed E-state index contributed by atoms with van der Waals surface area (Å²) in [5.74, 6) is -1.10. The highest BCUT2D eigenvalue weighted by atomic mass is 16.3. The van der Waals surface area contributed by atoms with E-state index < -0.39 is 6.10 Å². The quantitative estimate of drug-likeness (QED) is 0.556. The molecule has 122 valence electrons. The molecule has 0 aromatic heterocycles. The molecule has 1 fully saturated rings. The van der Waals surface area contributed by atoms with Crippen LogP contribution in [-0.4, -0.2) is 28.8 Å². The van der Waals surface area contributed by atoms with Crippen LogP contribution in [0, 0.1) is 11.8 Å². The van der Waals surface area contributed by atoms with Crippen molar-refractivity contribution in [1.29, 1.82) is 0 Å². The normalized spacial score (nSPS) is 20.1. The van der Waals surface area contributed by atoms with E-state index in [9.17, 15) is 19.5 Å². The van der Waals surface area contributed by atoms with Crippen LogP contribution in [0.3, 0.4) is 0 Å². The zero-order valence-electron chi connectivity index (χ0n) is 13.5. The largest absolute Gasteiger partial charge is 0.393 e. The van der Waals surface area contributed by atoms with E-state index in [2.05, 4.69) is 5.32 Å². The summed E-state index contributed by atoms with van der Waals surface area (Å²) in [7, 11) is 0. The van der Waals surface area contributed by atoms with Crippen molar-refractivity contribution in [2.75, 3.05) is 0 Å².